The van der Waals surface area contributed by atoms with Crippen LogP contribution in [0.3, 0.4) is 0 Å². The van der Waals surface area contributed by atoms with Crippen LogP contribution in [0.5, 0.6) is 0 Å². The Kier molecular flexibility index (Phi) is 3.77. The first-order valence-corrected chi connectivity index (χ1v) is 5.43. The van der Waals surface area contributed by atoms with Crippen molar-refractivity contribution in [3.63, 3.8) is 0 Å². The summed E-state index contributed by atoms with van der Waals surface area (Å²) in [6.07, 6.45) is 0. The van der Waals surface area contributed by atoms with Crippen molar-refractivity contribution in [3.05, 3.63) is 23.8 Å². The zero-order valence-corrected chi connectivity index (χ0v) is 10.0. The van der Waals surface area contributed by atoms with Crippen LogP contribution in [-0.2, 0) is 0 Å². The first kappa shape index (κ1) is 12.4. The summed E-state index contributed by atoms with van der Waals surface area (Å²) >= 11 is 0. The number of carbonyl (C=O) groups is 1. The third-order valence-electron chi connectivity index (χ3n) is 2.56. The summed E-state index contributed by atoms with van der Waals surface area (Å²) in [6.45, 7) is 7.01. The molecular weight excluding hydrogens is 202 g/mol. The second-order valence-corrected chi connectivity index (χ2v) is 4.02. The van der Waals surface area contributed by atoms with Gasteiger partial charge in [0.1, 0.15) is 0 Å². The largest absolute Gasteiger partial charge is 0.399 e. The summed E-state index contributed by atoms with van der Waals surface area (Å²) in [5.41, 5.74) is 12.9. The maximum atomic E-state index is 11.4. The minimum absolute atomic E-state index is 0.312. The van der Waals surface area contributed by atoms with E-state index in [4.69, 9.17) is 11.5 Å². The predicted molar refractivity (Wildman–Crippen MR) is 67.5 cm³/mol. The van der Waals surface area contributed by atoms with Gasteiger partial charge < -0.3 is 16.4 Å². The van der Waals surface area contributed by atoms with E-state index in [-0.39, 0.29) is 0 Å². The van der Waals surface area contributed by atoms with E-state index in [1.807, 2.05) is 13.0 Å². The minimum Gasteiger partial charge on any atom is -0.399 e. The first-order valence-electron chi connectivity index (χ1n) is 5.43. The van der Waals surface area contributed by atoms with Gasteiger partial charge in [0.2, 0.25) is 0 Å². The van der Waals surface area contributed by atoms with E-state index in [0.717, 1.165) is 12.2 Å². The van der Waals surface area contributed by atoms with E-state index in [1.54, 1.807) is 12.1 Å². The average Bonchev–Trinajstić information content (AvgIpc) is 2.20. The summed E-state index contributed by atoms with van der Waals surface area (Å²) in [5.74, 6) is -0.443. The van der Waals surface area contributed by atoms with Crippen LogP contribution in [0.25, 0.3) is 0 Å². The second kappa shape index (κ2) is 4.88. The van der Waals surface area contributed by atoms with Gasteiger partial charge in [-0.05, 0) is 39.0 Å². The molecule has 16 heavy (non-hydrogen) atoms. The molecule has 4 N–H and O–H groups in total. The molecule has 0 aliphatic heterocycles. The van der Waals surface area contributed by atoms with Crippen molar-refractivity contribution in [2.75, 3.05) is 17.2 Å². The van der Waals surface area contributed by atoms with Crippen molar-refractivity contribution < 1.29 is 4.79 Å². The van der Waals surface area contributed by atoms with Gasteiger partial charge in [0.05, 0.1) is 5.56 Å². The number of hydrogen-bond donors (Lipinski definition) is 2. The highest BCUT2D eigenvalue weighted by molar-refractivity contribution is 5.99. The van der Waals surface area contributed by atoms with Crippen molar-refractivity contribution in [1.29, 1.82) is 0 Å². The van der Waals surface area contributed by atoms with E-state index in [9.17, 15) is 4.79 Å². The number of carbonyl (C=O) groups excluding carboxylic acids is 1. The van der Waals surface area contributed by atoms with Gasteiger partial charge >= 0.3 is 0 Å². The molecule has 1 aromatic carbocycles. The molecule has 4 heteroatoms. The first-order chi connectivity index (χ1) is 7.47. The minimum atomic E-state index is -0.443. The summed E-state index contributed by atoms with van der Waals surface area (Å²) in [6, 6.07) is 5.57. The van der Waals surface area contributed by atoms with Crippen molar-refractivity contribution in [2.45, 2.75) is 26.8 Å². The molecule has 0 spiro atoms. The van der Waals surface area contributed by atoms with Gasteiger partial charge in [0, 0.05) is 24.0 Å². The van der Waals surface area contributed by atoms with Gasteiger partial charge in [-0.2, -0.15) is 0 Å². The van der Waals surface area contributed by atoms with Gasteiger partial charge in [-0.1, -0.05) is 0 Å². The Hall–Kier alpha value is -1.71. The Labute approximate surface area is 96.2 Å². The second-order valence-electron chi connectivity index (χ2n) is 4.02. The number of nitrogens with zero attached hydrogens (tertiary/aromatic N) is 1. The van der Waals surface area contributed by atoms with Gasteiger partial charge in [-0.25, -0.2) is 0 Å². The number of primary amides is 1. The fourth-order valence-corrected chi connectivity index (χ4v) is 1.82. The molecule has 0 bridgehead atoms. The molecule has 0 aliphatic carbocycles. The molecule has 0 unspecified atom stereocenters. The molecule has 0 saturated heterocycles. The molecule has 0 fully saturated rings. The number of amides is 1. The average molecular weight is 221 g/mol. The van der Waals surface area contributed by atoms with Crippen LogP contribution in [0.15, 0.2) is 18.2 Å². The van der Waals surface area contributed by atoms with E-state index in [2.05, 4.69) is 18.7 Å². The molecule has 1 amide bonds. The van der Waals surface area contributed by atoms with E-state index in [1.165, 1.54) is 0 Å². The van der Waals surface area contributed by atoms with Crippen molar-refractivity contribution in [3.8, 4) is 0 Å². The lowest BCUT2D eigenvalue weighted by atomic mass is 10.1. The van der Waals surface area contributed by atoms with E-state index < -0.39 is 5.91 Å². The van der Waals surface area contributed by atoms with E-state index >= 15 is 0 Å². The molecule has 1 aromatic rings. The van der Waals surface area contributed by atoms with Crippen LogP contribution >= 0.6 is 0 Å². The molecule has 0 atom stereocenters. The molecule has 0 radical (unpaired) electrons. The van der Waals surface area contributed by atoms with Gasteiger partial charge in [-0.3, -0.25) is 4.79 Å². The monoisotopic (exact) mass is 221 g/mol. The van der Waals surface area contributed by atoms with Crippen molar-refractivity contribution >= 4 is 17.3 Å². The molecule has 0 saturated carbocycles. The molecule has 88 valence electrons. The number of nitrogen functional groups attached to an aromatic ring is 1. The van der Waals surface area contributed by atoms with Crippen LogP contribution < -0.4 is 16.4 Å². The van der Waals surface area contributed by atoms with Crippen LogP contribution in [-0.4, -0.2) is 18.5 Å². The quantitative estimate of drug-likeness (QED) is 0.758. The summed E-state index contributed by atoms with van der Waals surface area (Å²) in [4.78, 5) is 13.5. The summed E-state index contributed by atoms with van der Waals surface area (Å²) < 4.78 is 0. The summed E-state index contributed by atoms with van der Waals surface area (Å²) in [5, 5.41) is 0. The fourth-order valence-electron chi connectivity index (χ4n) is 1.82. The number of rotatable bonds is 4. The SMILES string of the molecule is CCN(c1ccc(N)cc1C(N)=O)C(C)C. The molecule has 0 aromatic heterocycles. The van der Waals surface area contributed by atoms with E-state index in [0.29, 0.717) is 17.3 Å². The number of anilines is 2. The van der Waals surface area contributed by atoms with Crippen LogP contribution in [0.4, 0.5) is 11.4 Å². The Morgan fingerprint density at radius 3 is 2.50 bits per heavy atom. The fraction of sp³-hybridized carbons (Fsp3) is 0.417. The highest BCUT2D eigenvalue weighted by Gasteiger charge is 2.15. The summed E-state index contributed by atoms with van der Waals surface area (Å²) in [7, 11) is 0. The van der Waals surface area contributed by atoms with Gasteiger partial charge in [0.25, 0.3) is 5.91 Å². The molecule has 0 aliphatic rings. The Morgan fingerprint density at radius 2 is 2.06 bits per heavy atom. The molecule has 1 rings (SSSR count). The molecule has 0 heterocycles. The van der Waals surface area contributed by atoms with Crippen LogP contribution in [0, 0.1) is 0 Å². The van der Waals surface area contributed by atoms with Gasteiger partial charge in [0.15, 0.2) is 0 Å². The third-order valence-corrected chi connectivity index (χ3v) is 2.56. The standard InChI is InChI=1S/C12H19N3O/c1-4-15(8(2)3)11-6-5-9(13)7-10(11)12(14)16/h5-8H,4,13H2,1-3H3,(H2,14,16). The molecular formula is C12H19N3O. The zero-order valence-electron chi connectivity index (χ0n) is 10.0. The lowest BCUT2D eigenvalue weighted by Crippen LogP contribution is -2.32. The number of benzene rings is 1. The maximum Gasteiger partial charge on any atom is 0.250 e. The maximum absolute atomic E-state index is 11.4. The Balaban J connectivity index is 3.26. The third kappa shape index (κ3) is 2.45. The van der Waals surface area contributed by atoms with Crippen molar-refractivity contribution in [1.82, 2.24) is 0 Å². The molecule has 4 nitrogen and oxygen atoms in total. The topological polar surface area (TPSA) is 72.3 Å². The Bertz CT molecular complexity index is 388. The lowest BCUT2D eigenvalue weighted by Gasteiger charge is -2.29. The lowest BCUT2D eigenvalue weighted by molar-refractivity contribution is 0.100. The Morgan fingerprint density at radius 1 is 1.44 bits per heavy atom. The van der Waals surface area contributed by atoms with Gasteiger partial charge in [-0.15, -0.1) is 0 Å². The normalized spacial score (nSPS) is 10.5. The van der Waals surface area contributed by atoms with Crippen LogP contribution in [0.2, 0.25) is 0 Å². The zero-order chi connectivity index (χ0) is 12.3. The highest BCUT2D eigenvalue weighted by Crippen LogP contribution is 2.24. The smallest absolute Gasteiger partial charge is 0.250 e. The van der Waals surface area contributed by atoms with Crippen molar-refractivity contribution in [2.24, 2.45) is 5.73 Å². The highest BCUT2D eigenvalue weighted by atomic mass is 16.1. The number of hydrogen-bond acceptors (Lipinski definition) is 3. The predicted octanol–water partition coefficient (Wildman–Crippen LogP) is 1.60. The number of nitrogens with two attached hydrogens (primary N) is 2. The van der Waals surface area contributed by atoms with Crippen LogP contribution in [0.1, 0.15) is 31.1 Å².